The van der Waals surface area contributed by atoms with E-state index in [1.54, 1.807) is 14.0 Å². The van der Waals surface area contributed by atoms with Gasteiger partial charge in [0.2, 0.25) is 0 Å². The molecule has 2 N–H and O–H groups in total. The number of amides is 2. The van der Waals surface area contributed by atoms with E-state index in [4.69, 9.17) is 9.47 Å². The van der Waals surface area contributed by atoms with Gasteiger partial charge in [-0.15, -0.1) is 0 Å². The van der Waals surface area contributed by atoms with Crippen molar-refractivity contribution in [3.63, 3.8) is 0 Å². The smallest absolute Gasteiger partial charge is 0.338 e. The molecule has 2 heterocycles. The predicted molar refractivity (Wildman–Crippen MR) is 106 cm³/mol. The number of esters is 1. The first-order valence-corrected chi connectivity index (χ1v) is 9.85. The van der Waals surface area contributed by atoms with E-state index >= 15 is 0 Å². The van der Waals surface area contributed by atoms with Crippen molar-refractivity contribution in [1.82, 2.24) is 15.5 Å². The highest BCUT2D eigenvalue weighted by atomic mass is 16.5. The maximum atomic E-state index is 12.8. The zero-order valence-electron chi connectivity index (χ0n) is 16.8. The van der Waals surface area contributed by atoms with Crippen molar-refractivity contribution in [2.75, 3.05) is 33.4 Å². The van der Waals surface area contributed by atoms with Crippen LogP contribution in [0.15, 0.2) is 35.5 Å². The van der Waals surface area contributed by atoms with Crippen molar-refractivity contribution in [2.45, 2.75) is 32.7 Å². The molecule has 7 nitrogen and oxygen atoms in total. The Balaban J connectivity index is 1.96. The molecule has 1 atom stereocenters. The number of methoxy groups -OCH3 is 1. The number of nitrogens with zero attached hydrogens (tertiary/aromatic N) is 1. The summed E-state index contributed by atoms with van der Waals surface area (Å²) < 4.78 is 10.6. The highest BCUT2D eigenvalue weighted by Gasteiger charge is 2.34. The largest absolute Gasteiger partial charge is 0.497 e. The van der Waals surface area contributed by atoms with Crippen molar-refractivity contribution < 1.29 is 19.1 Å². The first kappa shape index (κ1) is 20.2. The summed E-state index contributed by atoms with van der Waals surface area (Å²) in [6.07, 6.45) is 2.24. The van der Waals surface area contributed by atoms with Crippen molar-refractivity contribution in [3.05, 3.63) is 41.1 Å². The molecule has 1 saturated heterocycles. The van der Waals surface area contributed by atoms with E-state index in [1.807, 2.05) is 24.3 Å². The maximum absolute atomic E-state index is 12.8. The van der Waals surface area contributed by atoms with Crippen molar-refractivity contribution in [1.29, 1.82) is 0 Å². The van der Waals surface area contributed by atoms with Crippen molar-refractivity contribution in [2.24, 2.45) is 5.92 Å². The minimum atomic E-state index is -0.582. The molecule has 0 spiro atoms. The van der Waals surface area contributed by atoms with E-state index in [9.17, 15) is 9.59 Å². The Morgan fingerprint density at radius 1 is 1.29 bits per heavy atom. The lowest BCUT2D eigenvalue weighted by Crippen LogP contribution is -2.49. The van der Waals surface area contributed by atoms with Crippen LogP contribution in [0.2, 0.25) is 0 Å². The second kappa shape index (κ2) is 9.10. The molecule has 0 unspecified atom stereocenters. The number of ether oxygens (including phenoxy) is 2. The van der Waals surface area contributed by atoms with Crippen LogP contribution < -0.4 is 15.4 Å². The summed E-state index contributed by atoms with van der Waals surface area (Å²) in [6.45, 7) is 6.73. The quantitative estimate of drug-likeness (QED) is 0.734. The molecule has 0 saturated carbocycles. The molecule has 2 amide bonds. The summed E-state index contributed by atoms with van der Waals surface area (Å²) in [5.41, 5.74) is 1.85. The van der Waals surface area contributed by atoms with Crippen LogP contribution in [-0.2, 0) is 9.53 Å². The molecule has 3 rings (SSSR count). The van der Waals surface area contributed by atoms with Gasteiger partial charge in [0.25, 0.3) is 0 Å². The zero-order chi connectivity index (χ0) is 20.1. The van der Waals surface area contributed by atoms with Gasteiger partial charge in [-0.25, -0.2) is 9.59 Å². The third-order valence-corrected chi connectivity index (χ3v) is 5.33. The van der Waals surface area contributed by atoms with Gasteiger partial charge in [0.1, 0.15) is 5.75 Å². The second-order valence-electron chi connectivity index (χ2n) is 7.38. The molecule has 1 aromatic rings. The van der Waals surface area contributed by atoms with Gasteiger partial charge in [0.15, 0.2) is 0 Å². The molecule has 2 aliphatic rings. The minimum absolute atomic E-state index is 0.273. The Morgan fingerprint density at radius 3 is 2.71 bits per heavy atom. The molecule has 2 aliphatic heterocycles. The van der Waals surface area contributed by atoms with Crippen molar-refractivity contribution in [3.8, 4) is 5.75 Å². The fourth-order valence-corrected chi connectivity index (χ4v) is 3.71. The number of carbonyl (C=O) groups is 2. The third-order valence-electron chi connectivity index (χ3n) is 5.33. The standard InChI is InChI=1S/C21H29N3O4/c1-4-28-20(25)18-17(13-24-10-8-14(2)9-11-24)22-21(26)23-19(18)15-6-5-7-16(12-15)27-3/h5-7,12,14,19H,4,8-11,13H2,1-3H3,(H2,22,23,26)/t19-/m0/s1. The number of hydrogen-bond acceptors (Lipinski definition) is 5. The lowest BCUT2D eigenvalue weighted by atomic mass is 9.94. The lowest BCUT2D eigenvalue weighted by molar-refractivity contribution is -0.139. The normalized spacial score (nSPS) is 21.1. The molecule has 0 radical (unpaired) electrons. The van der Waals surface area contributed by atoms with Crippen LogP contribution in [0, 0.1) is 5.92 Å². The Hall–Kier alpha value is -2.54. The Morgan fingerprint density at radius 2 is 2.04 bits per heavy atom. The van der Waals surface area contributed by atoms with Crippen molar-refractivity contribution >= 4 is 12.0 Å². The van der Waals surface area contributed by atoms with Crippen LogP contribution in [0.1, 0.15) is 38.3 Å². The highest BCUT2D eigenvalue weighted by Crippen LogP contribution is 2.30. The number of carbonyl (C=O) groups excluding carboxylic acids is 2. The molecule has 1 fully saturated rings. The summed E-state index contributed by atoms with van der Waals surface area (Å²) in [7, 11) is 1.59. The third kappa shape index (κ3) is 4.65. The molecule has 0 aromatic heterocycles. The second-order valence-corrected chi connectivity index (χ2v) is 7.38. The van der Waals surface area contributed by atoms with E-state index in [-0.39, 0.29) is 12.6 Å². The number of urea groups is 1. The maximum Gasteiger partial charge on any atom is 0.338 e. The average molecular weight is 387 g/mol. The van der Waals surface area contributed by atoms with Gasteiger partial charge in [-0.05, 0) is 56.5 Å². The van der Waals surface area contributed by atoms with Crippen LogP contribution in [0.3, 0.4) is 0 Å². The minimum Gasteiger partial charge on any atom is -0.497 e. The van der Waals surface area contributed by atoms with Gasteiger partial charge in [0.05, 0.1) is 25.3 Å². The molecule has 0 bridgehead atoms. The Bertz CT molecular complexity index is 754. The van der Waals surface area contributed by atoms with Gasteiger partial charge >= 0.3 is 12.0 Å². The summed E-state index contributed by atoms with van der Waals surface area (Å²) in [4.78, 5) is 27.5. The Labute approximate surface area is 166 Å². The fourth-order valence-electron chi connectivity index (χ4n) is 3.71. The molecule has 1 aromatic carbocycles. The van der Waals surface area contributed by atoms with E-state index in [0.717, 1.165) is 31.5 Å². The number of hydrogen-bond donors (Lipinski definition) is 2. The molecule has 7 heteroatoms. The zero-order valence-corrected chi connectivity index (χ0v) is 16.8. The lowest BCUT2D eigenvalue weighted by Gasteiger charge is -2.34. The predicted octanol–water partition coefficient (Wildman–Crippen LogP) is 2.60. The summed E-state index contributed by atoms with van der Waals surface area (Å²) in [5.74, 6) is 0.963. The highest BCUT2D eigenvalue weighted by molar-refractivity contribution is 5.95. The first-order chi connectivity index (χ1) is 13.5. The molecular weight excluding hydrogens is 358 g/mol. The summed E-state index contributed by atoms with van der Waals surface area (Å²) in [6, 6.07) is 6.48. The van der Waals surface area contributed by atoms with Crippen LogP contribution in [0.4, 0.5) is 4.79 Å². The van der Waals surface area contributed by atoms with Gasteiger partial charge in [-0.3, -0.25) is 4.90 Å². The van der Waals surface area contributed by atoms with Gasteiger partial charge in [-0.1, -0.05) is 19.1 Å². The molecule has 0 aliphatic carbocycles. The number of rotatable bonds is 6. The average Bonchev–Trinajstić information content (AvgIpc) is 2.69. The number of piperidine rings is 1. The van der Waals surface area contributed by atoms with Gasteiger partial charge in [0, 0.05) is 12.2 Å². The van der Waals surface area contributed by atoms with Gasteiger partial charge in [-0.2, -0.15) is 0 Å². The van der Waals surface area contributed by atoms with E-state index in [2.05, 4.69) is 22.5 Å². The SMILES string of the molecule is CCOC(=O)C1=C(CN2CCC(C)CC2)NC(=O)N[C@H]1c1cccc(OC)c1. The van der Waals surface area contributed by atoms with Crippen LogP contribution in [-0.4, -0.2) is 50.3 Å². The van der Waals surface area contributed by atoms with Crippen LogP contribution in [0.5, 0.6) is 5.75 Å². The van der Waals surface area contributed by atoms with E-state index < -0.39 is 12.0 Å². The van der Waals surface area contributed by atoms with Crippen LogP contribution in [0.25, 0.3) is 0 Å². The first-order valence-electron chi connectivity index (χ1n) is 9.85. The fraction of sp³-hybridized carbons (Fsp3) is 0.524. The molecule has 152 valence electrons. The number of likely N-dealkylation sites (tertiary alicyclic amines) is 1. The summed E-state index contributed by atoms with van der Waals surface area (Å²) in [5, 5.41) is 5.71. The van der Waals surface area contributed by atoms with E-state index in [1.165, 1.54) is 0 Å². The van der Waals surface area contributed by atoms with Crippen LogP contribution >= 0.6 is 0 Å². The topological polar surface area (TPSA) is 79.9 Å². The monoisotopic (exact) mass is 387 g/mol. The number of benzene rings is 1. The van der Waals surface area contributed by atoms with E-state index in [0.29, 0.717) is 29.5 Å². The Kier molecular flexibility index (Phi) is 6.57. The molecular formula is C21H29N3O4. The van der Waals surface area contributed by atoms with Gasteiger partial charge < -0.3 is 20.1 Å². The summed E-state index contributed by atoms with van der Waals surface area (Å²) >= 11 is 0. The molecule has 28 heavy (non-hydrogen) atoms. The number of nitrogens with one attached hydrogen (secondary N) is 2.